The molecule has 0 bridgehead atoms. The zero-order valence-electron chi connectivity index (χ0n) is 10.4. The lowest BCUT2D eigenvalue weighted by Gasteiger charge is -2.36. The third kappa shape index (κ3) is 2.82. The minimum absolute atomic E-state index is 0.116. The molecule has 1 nitrogen and oxygen atoms in total. The lowest BCUT2D eigenvalue weighted by atomic mass is 9.77. The van der Waals surface area contributed by atoms with Crippen molar-refractivity contribution < 1.29 is 4.74 Å². The Morgan fingerprint density at radius 3 is 2.00 bits per heavy atom. The Labute approximate surface area is 93.5 Å². The summed E-state index contributed by atoms with van der Waals surface area (Å²) in [6.45, 7) is 8.81. The van der Waals surface area contributed by atoms with Gasteiger partial charge in [0.2, 0.25) is 0 Å². The molecule has 0 spiro atoms. The summed E-state index contributed by atoms with van der Waals surface area (Å²) in [5.74, 6) is 1.01. The number of ether oxygens (including phenoxy) is 1. The van der Waals surface area contributed by atoms with Gasteiger partial charge < -0.3 is 4.74 Å². The highest BCUT2D eigenvalue weighted by molar-refractivity contribution is 5.23. The maximum Gasteiger partial charge on any atom is 0.0693 e. The highest BCUT2D eigenvalue weighted by Crippen LogP contribution is 2.36. The molecule has 0 unspecified atom stereocenters. The molecule has 0 N–H and O–H groups in total. The number of rotatable bonds is 4. The second kappa shape index (κ2) is 4.80. The van der Waals surface area contributed by atoms with Crippen LogP contribution in [-0.2, 0) is 4.74 Å². The average molecular weight is 206 g/mol. The van der Waals surface area contributed by atoms with Crippen LogP contribution >= 0.6 is 0 Å². The fraction of sp³-hybridized carbons (Fsp3) is 0.571. The van der Waals surface area contributed by atoms with E-state index in [9.17, 15) is 0 Å². The quantitative estimate of drug-likeness (QED) is 0.727. The molecule has 1 heteroatoms. The van der Waals surface area contributed by atoms with Gasteiger partial charge >= 0.3 is 0 Å². The molecule has 0 aliphatic heterocycles. The van der Waals surface area contributed by atoms with Crippen molar-refractivity contribution in [2.24, 2.45) is 5.92 Å². The standard InChI is InChI=1S/C14H22O/c1-11(2)13(14(3,4)15-5)12-9-7-6-8-10-12/h6-11,13H,1-5H3/t13-/m0/s1. The molecule has 0 saturated heterocycles. The first-order chi connectivity index (χ1) is 6.99. The molecule has 84 valence electrons. The average Bonchev–Trinajstić information content (AvgIpc) is 2.18. The molecule has 1 atom stereocenters. The fourth-order valence-corrected chi connectivity index (χ4v) is 2.38. The van der Waals surface area contributed by atoms with Crippen LogP contribution in [-0.4, -0.2) is 12.7 Å². The van der Waals surface area contributed by atoms with Crippen molar-refractivity contribution in [1.29, 1.82) is 0 Å². The highest BCUT2D eigenvalue weighted by atomic mass is 16.5. The van der Waals surface area contributed by atoms with E-state index in [4.69, 9.17) is 4.74 Å². The second-order valence-corrected chi connectivity index (χ2v) is 4.94. The Morgan fingerprint density at radius 1 is 1.07 bits per heavy atom. The Morgan fingerprint density at radius 2 is 1.60 bits per heavy atom. The zero-order valence-corrected chi connectivity index (χ0v) is 10.4. The van der Waals surface area contributed by atoms with Crippen LogP contribution < -0.4 is 0 Å². The third-order valence-electron chi connectivity index (χ3n) is 3.10. The molecule has 1 aromatic rings. The molecule has 0 amide bonds. The minimum atomic E-state index is -0.116. The summed E-state index contributed by atoms with van der Waals surface area (Å²) in [5.41, 5.74) is 1.24. The van der Waals surface area contributed by atoms with Crippen molar-refractivity contribution in [2.75, 3.05) is 7.11 Å². The van der Waals surface area contributed by atoms with Crippen LogP contribution in [0, 0.1) is 5.92 Å². The lowest BCUT2D eigenvalue weighted by Crippen LogP contribution is -2.34. The van der Waals surface area contributed by atoms with Crippen molar-refractivity contribution in [3.8, 4) is 0 Å². The molecule has 0 saturated carbocycles. The molecular weight excluding hydrogens is 184 g/mol. The predicted molar refractivity (Wildman–Crippen MR) is 65.1 cm³/mol. The normalized spacial score (nSPS) is 14.3. The van der Waals surface area contributed by atoms with E-state index in [0.717, 1.165) is 0 Å². The van der Waals surface area contributed by atoms with E-state index in [1.165, 1.54) is 5.56 Å². The van der Waals surface area contributed by atoms with Crippen LogP contribution in [0.4, 0.5) is 0 Å². The number of methoxy groups -OCH3 is 1. The van der Waals surface area contributed by atoms with Gasteiger partial charge in [-0.25, -0.2) is 0 Å². The molecule has 1 rings (SSSR count). The van der Waals surface area contributed by atoms with Crippen LogP contribution in [0.2, 0.25) is 0 Å². The maximum atomic E-state index is 5.62. The van der Waals surface area contributed by atoms with Gasteiger partial charge in [-0.2, -0.15) is 0 Å². The SMILES string of the molecule is COC(C)(C)[C@H](c1ccccc1)C(C)C. The topological polar surface area (TPSA) is 9.23 Å². The summed E-state index contributed by atoms with van der Waals surface area (Å²) in [7, 11) is 1.79. The molecule has 1 aromatic carbocycles. The molecule has 0 aliphatic carbocycles. The van der Waals surface area contributed by atoms with Crippen LogP contribution in [0.3, 0.4) is 0 Å². The van der Waals surface area contributed by atoms with Crippen LogP contribution in [0.1, 0.15) is 39.2 Å². The van der Waals surface area contributed by atoms with Gasteiger partial charge in [0, 0.05) is 13.0 Å². The van der Waals surface area contributed by atoms with Crippen LogP contribution in [0.25, 0.3) is 0 Å². The van der Waals surface area contributed by atoms with Crippen molar-refractivity contribution in [1.82, 2.24) is 0 Å². The monoisotopic (exact) mass is 206 g/mol. The summed E-state index contributed by atoms with van der Waals surface area (Å²) in [5, 5.41) is 0. The summed E-state index contributed by atoms with van der Waals surface area (Å²) in [6.07, 6.45) is 0. The third-order valence-corrected chi connectivity index (χ3v) is 3.10. The predicted octanol–water partition coefficient (Wildman–Crippen LogP) is 3.85. The molecule has 0 aliphatic rings. The van der Waals surface area contributed by atoms with Gasteiger partial charge in [0.15, 0.2) is 0 Å². The van der Waals surface area contributed by atoms with Gasteiger partial charge in [0.1, 0.15) is 0 Å². The second-order valence-electron chi connectivity index (χ2n) is 4.94. The molecular formula is C14H22O. The van der Waals surface area contributed by atoms with E-state index >= 15 is 0 Å². The first-order valence-corrected chi connectivity index (χ1v) is 5.59. The highest BCUT2D eigenvalue weighted by Gasteiger charge is 2.32. The van der Waals surface area contributed by atoms with Crippen LogP contribution in [0.5, 0.6) is 0 Å². The molecule has 0 fully saturated rings. The van der Waals surface area contributed by atoms with E-state index < -0.39 is 0 Å². The molecule has 15 heavy (non-hydrogen) atoms. The van der Waals surface area contributed by atoms with Gasteiger partial charge in [-0.3, -0.25) is 0 Å². The van der Waals surface area contributed by atoms with Gasteiger partial charge in [-0.1, -0.05) is 44.2 Å². The van der Waals surface area contributed by atoms with Crippen molar-refractivity contribution in [2.45, 2.75) is 39.2 Å². The van der Waals surface area contributed by atoms with Crippen LogP contribution in [0.15, 0.2) is 30.3 Å². The van der Waals surface area contributed by atoms with E-state index in [1.54, 1.807) is 7.11 Å². The Bertz CT molecular complexity index is 287. The van der Waals surface area contributed by atoms with Crippen molar-refractivity contribution in [3.05, 3.63) is 35.9 Å². The van der Waals surface area contributed by atoms with E-state index in [0.29, 0.717) is 11.8 Å². The van der Waals surface area contributed by atoms with Crippen molar-refractivity contribution in [3.63, 3.8) is 0 Å². The molecule has 0 radical (unpaired) electrons. The Kier molecular flexibility index (Phi) is 3.92. The molecule has 0 aromatic heterocycles. The van der Waals surface area contributed by atoms with Gasteiger partial charge in [-0.05, 0) is 25.3 Å². The van der Waals surface area contributed by atoms with E-state index in [2.05, 4.69) is 58.0 Å². The zero-order chi connectivity index (χ0) is 11.5. The van der Waals surface area contributed by atoms with E-state index in [-0.39, 0.29) is 5.60 Å². The summed E-state index contributed by atoms with van der Waals surface area (Å²) in [4.78, 5) is 0. The number of benzene rings is 1. The summed E-state index contributed by atoms with van der Waals surface area (Å²) < 4.78 is 5.62. The minimum Gasteiger partial charge on any atom is -0.378 e. The summed E-state index contributed by atoms with van der Waals surface area (Å²) >= 11 is 0. The van der Waals surface area contributed by atoms with Crippen molar-refractivity contribution >= 4 is 0 Å². The molecule has 0 heterocycles. The largest absolute Gasteiger partial charge is 0.378 e. The maximum absolute atomic E-state index is 5.62. The van der Waals surface area contributed by atoms with Gasteiger partial charge in [0.05, 0.1) is 5.60 Å². The van der Waals surface area contributed by atoms with Gasteiger partial charge in [0.25, 0.3) is 0 Å². The Hall–Kier alpha value is -0.820. The van der Waals surface area contributed by atoms with E-state index in [1.807, 2.05) is 0 Å². The number of hydrogen-bond acceptors (Lipinski definition) is 1. The fourth-order valence-electron chi connectivity index (χ4n) is 2.38. The lowest BCUT2D eigenvalue weighted by molar-refractivity contribution is -0.0140. The smallest absolute Gasteiger partial charge is 0.0693 e. The number of hydrogen-bond donors (Lipinski definition) is 0. The first-order valence-electron chi connectivity index (χ1n) is 5.59. The van der Waals surface area contributed by atoms with Gasteiger partial charge in [-0.15, -0.1) is 0 Å². The Balaban J connectivity index is 3.04. The summed E-state index contributed by atoms with van der Waals surface area (Å²) in [6, 6.07) is 10.6. The first kappa shape index (κ1) is 12.3.